The third-order valence-electron chi connectivity index (χ3n) is 5.82. The van der Waals surface area contributed by atoms with Gasteiger partial charge in [-0.05, 0) is 44.4 Å². The number of benzene rings is 1. The molecule has 6 nitrogen and oxygen atoms in total. The van der Waals surface area contributed by atoms with E-state index in [2.05, 4.69) is 0 Å². The van der Waals surface area contributed by atoms with Crippen LogP contribution in [-0.4, -0.2) is 54.0 Å². The van der Waals surface area contributed by atoms with Crippen molar-refractivity contribution in [1.29, 1.82) is 0 Å². The Morgan fingerprint density at radius 2 is 1.93 bits per heavy atom. The first-order valence-electron chi connectivity index (χ1n) is 10.0. The highest BCUT2D eigenvalue weighted by Crippen LogP contribution is 2.39. The summed E-state index contributed by atoms with van der Waals surface area (Å²) in [7, 11) is 0. The molecule has 0 aliphatic carbocycles. The van der Waals surface area contributed by atoms with E-state index in [-0.39, 0.29) is 29.8 Å². The molecule has 27 heavy (non-hydrogen) atoms. The Labute approximate surface area is 160 Å². The van der Waals surface area contributed by atoms with Gasteiger partial charge in [0.2, 0.25) is 11.8 Å². The number of ether oxygens (including phenoxy) is 2. The molecule has 1 aromatic carbocycles. The maximum Gasteiger partial charge on any atom is 0.228 e. The van der Waals surface area contributed by atoms with E-state index >= 15 is 0 Å². The van der Waals surface area contributed by atoms with Crippen molar-refractivity contribution >= 4 is 11.8 Å². The summed E-state index contributed by atoms with van der Waals surface area (Å²) in [6.45, 7) is 6.62. The zero-order chi connectivity index (χ0) is 19.0. The summed E-state index contributed by atoms with van der Waals surface area (Å²) in [5.41, 5.74) is 1.09. The van der Waals surface area contributed by atoms with Crippen molar-refractivity contribution in [2.75, 3.05) is 26.3 Å². The molecule has 3 aliphatic heterocycles. The second-order valence-electron chi connectivity index (χ2n) is 7.99. The van der Waals surface area contributed by atoms with Crippen LogP contribution in [0.25, 0.3) is 0 Å². The number of fused-ring (bicyclic) bond motifs is 1. The Kier molecular flexibility index (Phi) is 4.98. The van der Waals surface area contributed by atoms with Crippen LogP contribution in [0.1, 0.15) is 51.1 Å². The molecule has 0 saturated carbocycles. The van der Waals surface area contributed by atoms with E-state index in [0.29, 0.717) is 26.2 Å². The van der Waals surface area contributed by atoms with Gasteiger partial charge in [-0.15, -0.1) is 0 Å². The van der Waals surface area contributed by atoms with Crippen LogP contribution in [0.3, 0.4) is 0 Å². The van der Waals surface area contributed by atoms with Crippen LogP contribution in [0.15, 0.2) is 18.2 Å². The van der Waals surface area contributed by atoms with Crippen molar-refractivity contribution < 1.29 is 19.1 Å². The summed E-state index contributed by atoms with van der Waals surface area (Å²) in [6, 6.07) is 6.22. The molecule has 2 saturated heterocycles. The van der Waals surface area contributed by atoms with Crippen LogP contribution in [0.2, 0.25) is 0 Å². The molecule has 0 unspecified atom stereocenters. The minimum atomic E-state index is -0.221. The summed E-state index contributed by atoms with van der Waals surface area (Å²) in [4.78, 5) is 29.2. The number of likely N-dealkylation sites (tertiary alicyclic amines) is 2. The third-order valence-corrected chi connectivity index (χ3v) is 5.82. The van der Waals surface area contributed by atoms with E-state index in [0.717, 1.165) is 42.9 Å². The lowest BCUT2D eigenvalue weighted by molar-refractivity contribution is -0.136. The van der Waals surface area contributed by atoms with Gasteiger partial charge in [-0.25, -0.2) is 0 Å². The van der Waals surface area contributed by atoms with Gasteiger partial charge in [-0.1, -0.05) is 6.07 Å². The molecule has 1 aromatic rings. The van der Waals surface area contributed by atoms with Gasteiger partial charge in [0.15, 0.2) is 11.5 Å². The van der Waals surface area contributed by atoms with Crippen LogP contribution in [-0.2, 0) is 9.59 Å². The molecular formula is C21H28N2O4. The maximum absolute atomic E-state index is 13.2. The Hall–Kier alpha value is -2.24. The Balaban J connectivity index is 1.52. The molecule has 6 heteroatoms. The highest BCUT2D eigenvalue weighted by Gasteiger charge is 2.40. The van der Waals surface area contributed by atoms with Crippen LogP contribution in [0.4, 0.5) is 0 Å². The smallest absolute Gasteiger partial charge is 0.228 e. The molecule has 2 atom stereocenters. The van der Waals surface area contributed by atoms with E-state index < -0.39 is 0 Å². The van der Waals surface area contributed by atoms with Gasteiger partial charge in [-0.2, -0.15) is 0 Å². The van der Waals surface area contributed by atoms with Crippen LogP contribution < -0.4 is 9.47 Å². The number of carbonyl (C=O) groups excluding carboxylic acids is 2. The molecule has 0 bridgehead atoms. The Bertz CT molecular complexity index is 733. The summed E-state index contributed by atoms with van der Waals surface area (Å²) < 4.78 is 11.5. The first-order chi connectivity index (χ1) is 13.0. The fourth-order valence-corrected chi connectivity index (χ4v) is 4.39. The average Bonchev–Trinajstić information content (AvgIpc) is 3.22. The largest absolute Gasteiger partial charge is 0.490 e. The van der Waals surface area contributed by atoms with E-state index in [4.69, 9.17) is 9.47 Å². The molecule has 4 rings (SSSR count). The highest BCUT2D eigenvalue weighted by molar-refractivity contribution is 5.89. The maximum atomic E-state index is 13.2. The van der Waals surface area contributed by atoms with E-state index in [1.807, 2.05) is 41.8 Å². The first-order valence-corrected chi connectivity index (χ1v) is 10.0. The quantitative estimate of drug-likeness (QED) is 0.819. The fraction of sp³-hybridized carbons (Fsp3) is 0.619. The predicted molar refractivity (Wildman–Crippen MR) is 101 cm³/mol. The Morgan fingerprint density at radius 1 is 1.15 bits per heavy atom. The minimum Gasteiger partial charge on any atom is -0.490 e. The zero-order valence-electron chi connectivity index (χ0n) is 16.1. The molecule has 0 aromatic heterocycles. The fourth-order valence-electron chi connectivity index (χ4n) is 4.39. The third kappa shape index (κ3) is 3.49. The number of rotatable bonds is 3. The van der Waals surface area contributed by atoms with Crippen LogP contribution >= 0.6 is 0 Å². The number of nitrogens with zero attached hydrogens (tertiary/aromatic N) is 2. The number of carbonyl (C=O) groups is 2. The molecule has 3 aliphatic rings. The molecule has 0 N–H and O–H groups in total. The van der Waals surface area contributed by atoms with E-state index in [1.54, 1.807) is 0 Å². The van der Waals surface area contributed by atoms with Gasteiger partial charge in [0.05, 0.1) is 25.2 Å². The topological polar surface area (TPSA) is 59.1 Å². The molecule has 0 radical (unpaired) electrons. The molecule has 146 valence electrons. The van der Waals surface area contributed by atoms with Crippen molar-refractivity contribution in [2.24, 2.45) is 5.92 Å². The van der Waals surface area contributed by atoms with Crippen molar-refractivity contribution in [3.8, 4) is 11.5 Å². The second-order valence-corrected chi connectivity index (χ2v) is 7.99. The van der Waals surface area contributed by atoms with E-state index in [1.165, 1.54) is 0 Å². The van der Waals surface area contributed by atoms with Crippen LogP contribution in [0.5, 0.6) is 11.5 Å². The normalized spacial score (nSPS) is 25.2. The number of amides is 2. The lowest BCUT2D eigenvalue weighted by atomic mass is 10.0. The lowest BCUT2D eigenvalue weighted by Gasteiger charge is -2.28. The monoisotopic (exact) mass is 372 g/mol. The van der Waals surface area contributed by atoms with Crippen molar-refractivity contribution in [3.63, 3.8) is 0 Å². The standard InChI is InChI=1S/C21H28N2O4/c1-14(2)23-13-16(12-20(23)24)21(25)22-8-3-5-17(22)15-6-7-18-19(11-15)27-10-4-9-26-18/h6-7,11,14,16-17H,3-5,8-10,12-13H2,1-2H3/t16-,17-/m1/s1. The summed E-state index contributed by atoms with van der Waals surface area (Å²) in [6.07, 6.45) is 3.14. The van der Waals surface area contributed by atoms with Gasteiger partial charge >= 0.3 is 0 Å². The SMILES string of the molecule is CC(C)N1C[C@H](C(=O)N2CCC[C@@H]2c2ccc3c(c2)OCCCO3)CC1=O. The van der Waals surface area contributed by atoms with Gasteiger partial charge in [0.25, 0.3) is 0 Å². The predicted octanol–water partition coefficient (Wildman–Crippen LogP) is 2.77. The molecular weight excluding hydrogens is 344 g/mol. The lowest BCUT2D eigenvalue weighted by Crippen LogP contribution is -2.38. The molecule has 3 heterocycles. The highest BCUT2D eigenvalue weighted by atomic mass is 16.5. The van der Waals surface area contributed by atoms with Crippen molar-refractivity contribution in [3.05, 3.63) is 23.8 Å². The van der Waals surface area contributed by atoms with Gasteiger partial charge in [0, 0.05) is 32.0 Å². The van der Waals surface area contributed by atoms with Gasteiger partial charge < -0.3 is 19.3 Å². The second kappa shape index (κ2) is 7.41. The average molecular weight is 372 g/mol. The van der Waals surface area contributed by atoms with Crippen molar-refractivity contribution in [2.45, 2.75) is 51.6 Å². The molecule has 2 fully saturated rings. The zero-order valence-corrected chi connectivity index (χ0v) is 16.1. The number of hydrogen-bond donors (Lipinski definition) is 0. The minimum absolute atomic E-state index is 0.0536. The Morgan fingerprint density at radius 3 is 2.67 bits per heavy atom. The summed E-state index contributed by atoms with van der Waals surface area (Å²) in [5, 5.41) is 0. The van der Waals surface area contributed by atoms with Crippen molar-refractivity contribution in [1.82, 2.24) is 9.80 Å². The molecule has 2 amide bonds. The van der Waals surface area contributed by atoms with E-state index in [9.17, 15) is 9.59 Å². The first kappa shape index (κ1) is 18.1. The number of hydrogen-bond acceptors (Lipinski definition) is 4. The van der Waals surface area contributed by atoms with Crippen LogP contribution in [0, 0.1) is 5.92 Å². The van der Waals surface area contributed by atoms with Gasteiger partial charge in [-0.3, -0.25) is 9.59 Å². The summed E-state index contributed by atoms with van der Waals surface area (Å²) >= 11 is 0. The molecule has 0 spiro atoms. The summed E-state index contributed by atoms with van der Waals surface area (Å²) in [5.74, 6) is 1.53. The van der Waals surface area contributed by atoms with Gasteiger partial charge in [0.1, 0.15) is 0 Å².